The smallest absolute Gasteiger partial charge is 0.339 e. The van der Waals surface area contributed by atoms with Crippen molar-refractivity contribution in [3.63, 3.8) is 0 Å². The third kappa shape index (κ3) is 6.75. The van der Waals surface area contributed by atoms with Gasteiger partial charge in [-0.1, -0.05) is 75.7 Å². The van der Waals surface area contributed by atoms with Crippen LogP contribution in [0.1, 0.15) is 7.43 Å². The van der Waals surface area contributed by atoms with E-state index in [4.69, 9.17) is 4.55 Å². The van der Waals surface area contributed by atoms with Gasteiger partial charge in [-0.2, -0.15) is 25.6 Å². The number of hydrogen-bond acceptors (Lipinski definition) is 5. The lowest BCUT2D eigenvalue weighted by Gasteiger charge is -2.11. The minimum absolute atomic E-state index is 0. The molecule has 5 rings (SSSR count). The molecule has 0 radical (unpaired) electrons. The lowest BCUT2D eigenvalue weighted by Crippen LogP contribution is -2.14. The Morgan fingerprint density at radius 1 is 0.595 bits per heavy atom. The van der Waals surface area contributed by atoms with Crippen molar-refractivity contribution in [2.24, 2.45) is 0 Å². The van der Waals surface area contributed by atoms with E-state index in [0.717, 1.165) is 27.4 Å². The molecule has 0 aliphatic carbocycles. The van der Waals surface area contributed by atoms with Gasteiger partial charge in [0.15, 0.2) is 0 Å². The highest BCUT2D eigenvalue weighted by Gasteiger charge is 2.31. The summed E-state index contributed by atoms with van der Waals surface area (Å²) in [6.07, 6.45) is 0. The SMILES string of the molecule is C.O=S(=O)(O)c1ccc2c(Br)cccc2c1.O=S(=O)(Oc1c(F)c(F)c(F)c(F)c1F)c1ccc2c(Br)cccc2c1. The molecule has 15 heteroatoms. The molecule has 0 unspecified atom stereocenters. The molecule has 0 atom stereocenters. The Kier molecular flexibility index (Phi) is 10.0. The summed E-state index contributed by atoms with van der Waals surface area (Å²) in [6, 6.07) is 18.4. The van der Waals surface area contributed by atoms with Gasteiger partial charge in [-0.3, -0.25) is 4.55 Å². The van der Waals surface area contributed by atoms with E-state index >= 15 is 0 Å². The topological polar surface area (TPSA) is 97.7 Å². The quantitative estimate of drug-likeness (QED) is 0.0650. The van der Waals surface area contributed by atoms with Crippen molar-refractivity contribution >= 4 is 73.6 Å². The Balaban J connectivity index is 0.000000258. The van der Waals surface area contributed by atoms with Crippen molar-refractivity contribution in [3.8, 4) is 5.75 Å². The van der Waals surface area contributed by atoms with Crippen LogP contribution < -0.4 is 4.18 Å². The zero-order valence-corrected chi connectivity index (χ0v) is 24.7. The highest BCUT2D eigenvalue weighted by molar-refractivity contribution is 9.11. The maximum atomic E-state index is 13.6. The molecule has 0 aromatic heterocycles. The molecule has 0 fully saturated rings. The van der Waals surface area contributed by atoms with Gasteiger partial charge in [0.25, 0.3) is 10.1 Å². The number of rotatable bonds is 4. The first-order valence-electron chi connectivity index (χ1n) is 10.9. The van der Waals surface area contributed by atoms with Crippen LogP contribution >= 0.6 is 31.9 Å². The van der Waals surface area contributed by atoms with Crippen LogP contribution in [0.15, 0.2) is 91.5 Å². The van der Waals surface area contributed by atoms with E-state index in [1.165, 1.54) is 18.2 Å². The van der Waals surface area contributed by atoms with Crippen molar-refractivity contribution in [1.29, 1.82) is 0 Å². The molecule has 222 valence electrons. The summed E-state index contributed by atoms with van der Waals surface area (Å²) in [5.41, 5.74) is 0. The van der Waals surface area contributed by atoms with Gasteiger partial charge in [0.05, 0.1) is 4.90 Å². The van der Waals surface area contributed by atoms with Crippen LogP contribution in [-0.4, -0.2) is 21.4 Å². The molecule has 6 nitrogen and oxygen atoms in total. The van der Waals surface area contributed by atoms with Gasteiger partial charge < -0.3 is 4.18 Å². The van der Waals surface area contributed by atoms with E-state index in [1.807, 2.05) is 6.07 Å². The normalized spacial score (nSPS) is 11.5. The third-order valence-corrected chi connectivity index (χ3v) is 9.00. The van der Waals surface area contributed by atoms with Crippen LogP contribution in [0.25, 0.3) is 21.5 Å². The largest absolute Gasteiger partial charge is 0.372 e. The Labute approximate surface area is 253 Å². The van der Waals surface area contributed by atoms with Crippen molar-refractivity contribution in [1.82, 2.24) is 0 Å². The second-order valence-electron chi connectivity index (χ2n) is 8.16. The van der Waals surface area contributed by atoms with Crippen LogP contribution in [0.2, 0.25) is 0 Å². The molecule has 0 saturated carbocycles. The number of fused-ring (bicyclic) bond motifs is 2. The monoisotopic (exact) mass is 754 g/mol. The average molecular weight is 756 g/mol. The fourth-order valence-electron chi connectivity index (χ4n) is 3.58. The zero-order chi connectivity index (χ0) is 30.3. The molecule has 5 aromatic rings. The van der Waals surface area contributed by atoms with Gasteiger partial charge in [-0.05, 0) is 57.9 Å². The predicted octanol–water partition coefficient (Wildman–Crippen LogP) is 8.55. The maximum Gasteiger partial charge on any atom is 0.339 e. The Bertz CT molecular complexity index is 2030. The van der Waals surface area contributed by atoms with Crippen molar-refractivity contribution < 1.29 is 47.5 Å². The fraction of sp³-hybridized carbons (Fsp3) is 0.0370. The minimum Gasteiger partial charge on any atom is -0.372 e. The van der Waals surface area contributed by atoms with Gasteiger partial charge in [0, 0.05) is 8.95 Å². The van der Waals surface area contributed by atoms with E-state index in [9.17, 15) is 38.8 Å². The molecule has 42 heavy (non-hydrogen) atoms. The second-order valence-corrected chi connectivity index (χ2v) is 12.8. The van der Waals surface area contributed by atoms with Gasteiger partial charge in [-0.15, -0.1) is 0 Å². The predicted molar refractivity (Wildman–Crippen MR) is 154 cm³/mol. The van der Waals surface area contributed by atoms with Crippen molar-refractivity contribution in [3.05, 3.63) is 111 Å². The van der Waals surface area contributed by atoms with Crippen LogP contribution in [0.5, 0.6) is 5.75 Å². The van der Waals surface area contributed by atoms with Crippen LogP contribution in [0.3, 0.4) is 0 Å². The van der Waals surface area contributed by atoms with E-state index in [-0.39, 0.29) is 12.3 Å². The molecular weight excluding hydrogens is 739 g/mol. The molecule has 0 aliphatic heterocycles. The number of benzene rings is 5. The Morgan fingerprint density at radius 2 is 1.00 bits per heavy atom. The first kappa shape index (κ1) is 33.4. The third-order valence-electron chi connectivity index (χ3n) is 5.55. The summed E-state index contributed by atoms with van der Waals surface area (Å²) >= 11 is 6.63. The Morgan fingerprint density at radius 3 is 1.45 bits per heavy atom. The summed E-state index contributed by atoms with van der Waals surface area (Å²) in [7, 11) is -8.98. The summed E-state index contributed by atoms with van der Waals surface area (Å²) in [4.78, 5) is -0.611. The van der Waals surface area contributed by atoms with E-state index < -0.39 is 60.0 Å². The van der Waals surface area contributed by atoms with Gasteiger partial charge in [0.2, 0.25) is 34.8 Å². The summed E-state index contributed by atoms with van der Waals surface area (Å²) in [5.74, 6) is -13.7. The first-order chi connectivity index (χ1) is 19.1. The van der Waals surface area contributed by atoms with Gasteiger partial charge in [-0.25, -0.2) is 13.2 Å². The summed E-state index contributed by atoms with van der Waals surface area (Å²) in [5, 5.41) is 2.76. The van der Waals surface area contributed by atoms with Gasteiger partial charge in [0.1, 0.15) is 4.90 Å². The van der Waals surface area contributed by atoms with Crippen LogP contribution in [0, 0.1) is 29.1 Å². The second kappa shape index (κ2) is 12.6. The molecule has 0 spiro atoms. The molecule has 5 aromatic carbocycles. The fourth-order valence-corrected chi connectivity index (χ4v) is 6.09. The molecule has 0 amide bonds. The Hall–Kier alpha value is -3.11. The minimum atomic E-state index is -4.86. The highest BCUT2D eigenvalue weighted by Crippen LogP contribution is 2.33. The first-order valence-corrected chi connectivity index (χ1v) is 15.3. The number of halogens is 7. The van der Waals surface area contributed by atoms with E-state index in [2.05, 4.69) is 36.0 Å². The summed E-state index contributed by atoms with van der Waals surface area (Å²) in [6.45, 7) is 0. The molecule has 0 saturated heterocycles. The lowest BCUT2D eigenvalue weighted by atomic mass is 10.1. The zero-order valence-electron chi connectivity index (χ0n) is 19.9. The van der Waals surface area contributed by atoms with Crippen LogP contribution in [-0.2, 0) is 20.2 Å². The van der Waals surface area contributed by atoms with E-state index in [1.54, 1.807) is 36.4 Å². The van der Waals surface area contributed by atoms with E-state index in [0.29, 0.717) is 15.2 Å². The lowest BCUT2D eigenvalue weighted by molar-refractivity contribution is 0.346. The standard InChI is InChI=1S/C16H6BrF5O3S.C10H7BrO3S.CH4/c17-10-3-1-2-7-6-8(4-5-9(7)10)26(23,24)25-16-14(21)12(19)11(18)13(20)15(16)22;11-10-3-1-2-7-6-8(15(12,13)14)4-5-9(7)10;/h1-6H;1-6H,(H,12,13,14);1H4. The summed E-state index contributed by atoms with van der Waals surface area (Å²) < 4.78 is 128. The number of hydrogen-bond donors (Lipinski definition) is 1. The molecule has 0 bridgehead atoms. The van der Waals surface area contributed by atoms with Crippen molar-refractivity contribution in [2.75, 3.05) is 0 Å². The molecule has 0 heterocycles. The van der Waals surface area contributed by atoms with Gasteiger partial charge >= 0.3 is 10.1 Å². The maximum absolute atomic E-state index is 13.6. The molecule has 0 aliphatic rings. The molecule has 1 N–H and O–H groups in total. The molecular formula is C27H17Br2F5O6S2. The van der Waals surface area contributed by atoms with Crippen LogP contribution in [0.4, 0.5) is 22.0 Å². The highest BCUT2D eigenvalue weighted by atomic mass is 79.9. The average Bonchev–Trinajstić information content (AvgIpc) is 2.93. The van der Waals surface area contributed by atoms with Crippen molar-refractivity contribution in [2.45, 2.75) is 17.2 Å².